The molecule has 1 fully saturated rings. The van der Waals surface area contributed by atoms with Crippen LogP contribution in [0.15, 0.2) is 43.0 Å². The number of aliphatic hydroxyl groups is 1. The average Bonchev–Trinajstić information content (AvgIpc) is 2.78. The van der Waals surface area contributed by atoms with Gasteiger partial charge in [0, 0.05) is 0 Å². The lowest BCUT2D eigenvalue weighted by atomic mass is 10.1. The quantitative estimate of drug-likeness (QED) is 0.759. The Morgan fingerprint density at radius 1 is 1.37 bits per heavy atom. The molecular weight excluding hydrogens is 244 g/mol. The Morgan fingerprint density at radius 2 is 2.16 bits per heavy atom. The van der Waals surface area contributed by atoms with E-state index >= 15 is 0 Å². The second-order valence-corrected chi connectivity index (χ2v) is 4.53. The number of rotatable bonds is 7. The first kappa shape index (κ1) is 14.2. The molecule has 0 radical (unpaired) electrons. The van der Waals surface area contributed by atoms with Crippen molar-refractivity contribution in [2.45, 2.75) is 24.9 Å². The van der Waals surface area contributed by atoms with Crippen LogP contribution in [-0.2, 0) is 20.8 Å². The van der Waals surface area contributed by atoms with Gasteiger partial charge in [0.2, 0.25) is 0 Å². The first-order valence-corrected chi connectivity index (χ1v) is 6.45. The van der Waals surface area contributed by atoms with E-state index in [1.54, 1.807) is 6.08 Å². The van der Waals surface area contributed by atoms with Crippen molar-refractivity contribution in [3.8, 4) is 0 Å². The molecule has 1 N–H and O–H groups in total. The molecule has 1 aliphatic rings. The van der Waals surface area contributed by atoms with Crippen molar-refractivity contribution in [1.82, 2.24) is 0 Å². The highest BCUT2D eigenvalue weighted by molar-refractivity contribution is 5.13. The summed E-state index contributed by atoms with van der Waals surface area (Å²) in [5, 5.41) is 9.76. The van der Waals surface area contributed by atoms with Gasteiger partial charge in [0.25, 0.3) is 0 Å². The molecule has 0 unspecified atom stereocenters. The van der Waals surface area contributed by atoms with Crippen molar-refractivity contribution in [2.75, 3.05) is 19.8 Å². The lowest BCUT2D eigenvalue weighted by Gasteiger charge is -2.20. The van der Waals surface area contributed by atoms with Gasteiger partial charge in [-0.3, -0.25) is 0 Å². The molecule has 1 aromatic rings. The van der Waals surface area contributed by atoms with Crippen molar-refractivity contribution in [3.05, 3.63) is 48.6 Å². The van der Waals surface area contributed by atoms with Gasteiger partial charge in [-0.05, 0) is 5.56 Å². The Bertz CT molecular complexity index is 379. The molecule has 0 amide bonds. The number of hydrogen-bond acceptors (Lipinski definition) is 4. The van der Waals surface area contributed by atoms with Crippen LogP contribution in [0.2, 0.25) is 0 Å². The number of aliphatic hydroxyl groups excluding tert-OH is 1. The summed E-state index contributed by atoms with van der Waals surface area (Å²) in [7, 11) is 0. The SMILES string of the molecule is C=CCO[C@H]1[C@@H](O)CO[C@@H]1COCc1ccccc1. The van der Waals surface area contributed by atoms with Crippen LogP contribution in [0.3, 0.4) is 0 Å². The molecule has 0 aliphatic carbocycles. The lowest BCUT2D eigenvalue weighted by molar-refractivity contribution is -0.0606. The van der Waals surface area contributed by atoms with Gasteiger partial charge in [0.1, 0.15) is 18.3 Å². The largest absolute Gasteiger partial charge is 0.388 e. The third-order valence-electron chi connectivity index (χ3n) is 3.03. The van der Waals surface area contributed by atoms with E-state index in [0.29, 0.717) is 26.4 Å². The van der Waals surface area contributed by atoms with E-state index in [2.05, 4.69) is 6.58 Å². The number of ether oxygens (including phenoxy) is 3. The predicted molar refractivity (Wildman–Crippen MR) is 71.8 cm³/mol. The topological polar surface area (TPSA) is 47.9 Å². The maximum absolute atomic E-state index is 9.76. The van der Waals surface area contributed by atoms with E-state index in [1.807, 2.05) is 30.3 Å². The van der Waals surface area contributed by atoms with Gasteiger partial charge >= 0.3 is 0 Å². The number of hydrogen-bond donors (Lipinski definition) is 1. The Morgan fingerprint density at radius 3 is 2.89 bits per heavy atom. The molecule has 1 saturated heterocycles. The van der Waals surface area contributed by atoms with E-state index in [0.717, 1.165) is 5.56 Å². The van der Waals surface area contributed by atoms with Crippen LogP contribution in [0, 0.1) is 0 Å². The second kappa shape index (κ2) is 7.40. The molecule has 1 aliphatic heterocycles. The minimum atomic E-state index is -0.592. The molecule has 19 heavy (non-hydrogen) atoms. The summed E-state index contributed by atoms with van der Waals surface area (Å²) in [4.78, 5) is 0. The summed E-state index contributed by atoms with van der Waals surface area (Å²) in [5.41, 5.74) is 1.12. The molecule has 2 rings (SSSR count). The van der Waals surface area contributed by atoms with Crippen LogP contribution in [0.25, 0.3) is 0 Å². The summed E-state index contributed by atoms with van der Waals surface area (Å²) < 4.78 is 16.6. The van der Waals surface area contributed by atoms with Crippen LogP contribution in [0.1, 0.15) is 5.56 Å². The third-order valence-corrected chi connectivity index (χ3v) is 3.03. The molecule has 1 aromatic carbocycles. The third kappa shape index (κ3) is 4.14. The van der Waals surface area contributed by atoms with Gasteiger partial charge in [-0.2, -0.15) is 0 Å². The fraction of sp³-hybridized carbons (Fsp3) is 0.467. The van der Waals surface area contributed by atoms with Crippen molar-refractivity contribution < 1.29 is 19.3 Å². The Kier molecular flexibility index (Phi) is 5.54. The molecule has 0 aromatic heterocycles. The van der Waals surface area contributed by atoms with Crippen LogP contribution in [0.5, 0.6) is 0 Å². The van der Waals surface area contributed by atoms with Crippen LogP contribution < -0.4 is 0 Å². The highest BCUT2D eigenvalue weighted by Gasteiger charge is 2.36. The summed E-state index contributed by atoms with van der Waals surface area (Å²) in [6, 6.07) is 9.94. The summed E-state index contributed by atoms with van der Waals surface area (Å²) >= 11 is 0. The predicted octanol–water partition coefficient (Wildman–Crippen LogP) is 1.53. The average molecular weight is 264 g/mol. The summed E-state index contributed by atoms with van der Waals surface area (Å²) in [6.07, 6.45) is 0.505. The lowest BCUT2D eigenvalue weighted by Crippen LogP contribution is -2.36. The zero-order valence-corrected chi connectivity index (χ0v) is 10.9. The molecule has 104 valence electrons. The molecule has 0 spiro atoms. The van der Waals surface area contributed by atoms with E-state index in [-0.39, 0.29) is 12.2 Å². The standard InChI is InChI=1S/C15H20O4/c1-2-8-18-15-13(16)10-19-14(15)11-17-9-12-6-4-3-5-7-12/h2-7,13-16H,1,8-11H2/t13-,14+,15-/m0/s1. The highest BCUT2D eigenvalue weighted by atomic mass is 16.6. The van der Waals surface area contributed by atoms with E-state index in [9.17, 15) is 5.11 Å². The maximum Gasteiger partial charge on any atom is 0.114 e. The highest BCUT2D eigenvalue weighted by Crippen LogP contribution is 2.18. The van der Waals surface area contributed by atoms with Gasteiger partial charge in [0.05, 0.1) is 26.4 Å². The molecule has 1 heterocycles. The second-order valence-electron chi connectivity index (χ2n) is 4.53. The zero-order valence-electron chi connectivity index (χ0n) is 10.9. The van der Waals surface area contributed by atoms with E-state index in [4.69, 9.17) is 14.2 Å². The van der Waals surface area contributed by atoms with Gasteiger partial charge in [0.15, 0.2) is 0 Å². The van der Waals surface area contributed by atoms with E-state index in [1.165, 1.54) is 0 Å². The fourth-order valence-electron chi connectivity index (χ4n) is 2.07. The minimum absolute atomic E-state index is 0.223. The van der Waals surface area contributed by atoms with Gasteiger partial charge in [-0.25, -0.2) is 0 Å². The van der Waals surface area contributed by atoms with Crippen molar-refractivity contribution in [2.24, 2.45) is 0 Å². The minimum Gasteiger partial charge on any atom is -0.388 e. The molecular formula is C15H20O4. The van der Waals surface area contributed by atoms with Crippen LogP contribution in [0.4, 0.5) is 0 Å². The first-order chi connectivity index (χ1) is 9.31. The van der Waals surface area contributed by atoms with Crippen molar-refractivity contribution in [1.29, 1.82) is 0 Å². The normalized spacial score (nSPS) is 26.5. The molecule has 0 saturated carbocycles. The van der Waals surface area contributed by atoms with Crippen LogP contribution in [-0.4, -0.2) is 43.2 Å². The summed E-state index contributed by atoms with van der Waals surface area (Å²) in [5.74, 6) is 0. The summed E-state index contributed by atoms with van der Waals surface area (Å²) in [6.45, 7) is 5.23. The maximum atomic E-state index is 9.76. The monoisotopic (exact) mass is 264 g/mol. The first-order valence-electron chi connectivity index (χ1n) is 6.45. The number of benzene rings is 1. The molecule has 4 nitrogen and oxygen atoms in total. The van der Waals surface area contributed by atoms with E-state index < -0.39 is 6.10 Å². The molecule has 3 atom stereocenters. The van der Waals surface area contributed by atoms with Crippen molar-refractivity contribution >= 4 is 0 Å². The van der Waals surface area contributed by atoms with Gasteiger partial charge in [-0.15, -0.1) is 6.58 Å². The molecule has 4 heteroatoms. The van der Waals surface area contributed by atoms with Crippen LogP contribution >= 0.6 is 0 Å². The smallest absolute Gasteiger partial charge is 0.114 e. The Labute approximate surface area is 113 Å². The zero-order chi connectivity index (χ0) is 13.5. The van der Waals surface area contributed by atoms with Crippen molar-refractivity contribution in [3.63, 3.8) is 0 Å². The Balaban J connectivity index is 1.76. The fourth-order valence-corrected chi connectivity index (χ4v) is 2.07. The van der Waals surface area contributed by atoms with Gasteiger partial charge in [-0.1, -0.05) is 36.4 Å². The van der Waals surface area contributed by atoms with Gasteiger partial charge < -0.3 is 19.3 Å². The molecule has 0 bridgehead atoms. The Hall–Kier alpha value is -1.20.